The minimum atomic E-state index is 0.692. The molecule has 2 rings (SSSR count). The highest BCUT2D eigenvalue weighted by Crippen LogP contribution is 2.34. The molecule has 0 aliphatic carbocycles. The minimum absolute atomic E-state index is 0.692. The van der Waals surface area contributed by atoms with E-state index < -0.39 is 0 Å². The summed E-state index contributed by atoms with van der Waals surface area (Å²) >= 11 is 0. The molecule has 2 N–H and O–H groups in total. The average Bonchev–Trinajstić information content (AvgIpc) is 2.46. The van der Waals surface area contributed by atoms with E-state index in [1.165, 1.54) is 0 Å². The van der Waals surface area contributed by atoms with Crippen LogP contribution in [0.15, 0.2) is 49.0 Å². The van der Waals surface area contributed by atoms with Gasteiger partial charge in [-0.05, 0) is 29.8 Å². The standard InChI is InChI=1S/C16H17NO2/c1-11(13-6-4-5-7-15(13)17)14-10-12(18-2)8-9-16(14)19-3/h4-10H,1,17H2,2-3H3. The highest BCUT2D eigenvalue weighted by atomic mass is 16.5. The molecule has 0 unspecified atom stereocenters. The molecule has 0 aliphatic rings. The van der Waals surface area contributed by atoms with E-state index in [1.807, 2.05) is 42.5 Å². The molecular formula is C16H17NO2. The van der Waals surface area contributed by atoms with E-state index in [4.69, 9.17) is 15.2 Å². The van der Waals surface area contributed by atoms with Crippen LogP contribution in [0.25, 0.3) is 5.57 Å². The molecule has 0 radical (unpaired) electrons. The van der Waals surface area contributed by atoms with E-state index >= 15 is 0 Å². The summed E-state index contributed by atoms with van der Waals surface area (Å²) in [4.78, 5) is 0. The summed E-state index contributed by atoms with van der Waals surface area (Å²) in [5.74, 6) is 1.50. The van der Waals surface area contributed by atoms with Gasteiger partial charge in [-0.1, -0.05) is 24.8 Å². The fourth-order valence-electron chi connectivity index (χ4n) is 1.97. The van der Waals surface area contributed by atoms with Gasteiger partial charge in [-0.2, -0.15) is 0 Å². The number of benzene rings is 2. The Bertz CT molecular complexity index is 605. The van der Waals surface area contributed by atoms with Crippen LogP contribution in [0.2, 0.25) is 0 Å². The molecule has 3 nitrogen and oxygen atoms in total. The van der Waals surface area contributed by atoms with Crippen LogP contribution in [0, 0.1) is 0 Å². The third-order valence-corrected chi connectivity index (χ3v) is 3.02. The molecule has 0 saturated carbocycles. The highest BCUT2D eigenvalue weighted by Gasteiger charge is 2.12. The summed E-state index contributed by atoms with van der Waals surface area (Å²) in [5.41, 5.74) is 9.27. The lowest BCUT2D eigenvalue weighted by Crippen LogP contribution is -1.97. The number of nitrogen functional groups attached to an aromatic ring is 1. The van der Waals surface area contributed by atoms with Gasteiger partial charge in [0.15, 0.2) is 0 Å². The number of anilines is 1. The van der Waals surface area contributed by atoms with Crippen LogP contribution in [-0.4, -0.2) is 14.2 Å². The van der Waals surface area contributed by atoms with Crippen LogP contribution in [-0.2, 0) is 0 Å². The van der Waals surface area contributed by atoms with Crippen LogP contribution in [0.4, 0.5) is 5.69 Å². The largest absolute Gasteiger partial charge is 0.497 e. The van der Waals surface area contributed by atoms with Crippen molar-refractivity contribution in [1.82, 2.24) is 0 Å². The van der Waals surface area contributed by atoms with Gasteiger partial charge in [0.05, 0.1) is 14.2 Å². The number of hydrogen-bond acceptors (Lipinski definition) is 3. The Kier molecular flexibility index (Phi) is 3.76. The zero-order valence-electron chi connectivity index (χ0n) is 11.1. The molecule has 98 valence electrons. The summed E-state index contributed by atoms with van der Waals surface area (Å²) < 4.78 is 10.6. The summed E-state index contributed by atoms with van der Waals surface area (Å²) in [6, 6.07) is 13.2. The van der Waals surface area contributed by atoms with Gasteiger partial charge in [0.2, 0.25) is 0 Å². The number of methoxy groups -OCH3 is 2. The van der Waals surface area contributed by atoms with E-state index in [9.17, 15) is 0 Å². The van der Waals surface area contributed by atoms with E-state index in [0.717, 1.165) is 28.2 Å². The van der Waals surface area contributed by atoms with Gasteiger partial charge in [0.1, 0.15) is 11.5 Å². The third kappa shape index (κ3) is 2.55. The van der Waals surface area contributed by atoms with E-state index in [2.05, 4.69) is 6.58 Å². The van der Waals surface area contributed by atoms with Crippen molar-refractivity contribution < 1.29 is 9.47 Å². The Morgan fingerprint density at radius 2 is 1.74 bits per heavy atom. The predicted molar refractivity (Wildman–Crippen MR) is 78.5 cm³/mol. The first-order valence-corrected chi connectivity index (χ1v) is 5.93. The Morgan fingerprint density at radius 1 is 1.00 bits per heavy atom. The fraction of sp³-hybridized carbons (Fsp3) is 0.125. The van der Waals surface area contributed by atoms with Crippen LogP contribution in [0.1, 0.15) is 11.1 Å². The normalized spacial score (nSPS) is 10.0. The molecule has 3 heteroatoms. The molecule has 0 spiro atoms. The van der Waals surface area contributed by atoms with Crippen LogP contribution in [0.3, 0.4) is 0 Å². The van der Waals surface area contributed by atoms with Gasteiger partial charge in [-0.25, -0.2) is 0 Å². The molecule has 2 aromatic rings. The molecule has 0 aromatic heterocycles. The lowest BCUT2D eigenvalue weighted by Gasteiger charge is -2.14. The molecule has 0 amide bonds. The topological polar surface area (TPSA) is 44.5 Å². The monoisotopic (exact) mass is 255 g/mol. The summed E-state index contributed by atoms with van der Waals surface area (Å²) in [6.45, 7) is 4.12. The van der Waals surface area contributed by atoms with Gasteiger partial charge >= 0.3 is 0 Å². The molecule has 0 heterocycles. The maximum Gasteiger partial charge on any atom is 0.126 e. The average molecular weight is 255 g/mol. The first kappa shape index (κ1) is 13.0. The Labute approximate surface area is 113 Å². The lowest BCUT2D eigenvalue weighted by molar-refractivity contribution is 0.402. The number of nitrogens with two attached hydrogens (primary N) is 1. The Balaban J connectivity index is 2.51. The van der Waals surface area contributed by atoms with Crippen molar-refractivity contribution in [2.24, 2.45) is 0 Å². The molecule has 0 saturated heterocycles. The van der Waals surface area contributed by atoms with Gasteiger partial charge in [0, 0.05) is 16.8 Å². The maximum atomic E-state index is 5.99. The number of para-hydroxylation sites is 1. The molecule has 0 atom stereocenters. The second-order valence-corrected chi connectivity index (χ2v) is 4.13. The predicted octanol–water partition coefficient (Wildman–Crippen LogP) is 3.35. The van der Waals surface area contributed by atoms with Crippen molar-refractivity contribution in [3.8, 4) is 11.5 Å². The molecule has 19 heavy (non-hydrogen) atoms. The van der Waals surface area contributed by atoms with Crippen molar-refractivity contribution in [1.29, 1.82) is 0 Å². The maximum absolute atomic E-state index is 5.99. The zero-order valence-corrected chi connectivity index (χ0v) is 11.1. The quantitative estimate of drug-likeness (QED) is 0.852. The second-order valence-electron chi connectivity index (χ2n) is 4.13. The smallest absolute Gasteiger partial charge is 0.126 e. The van der Waals surface area contributed by atoms with Crippen molar-refractivity contribution in [3.63, 3.8) is 0 Å². The van der Waals surface area contributed by atoms with Crippen LogP contribution < -0.4 is 15.2 Å². The first-order valence-electron chi connectivity index (χ1n) is 5.93. The number of hydrogen-bond donors (Lipinski definition) is 1. The van der Waals surface area contributed by atoms with E-state index in [0.29, 0.717) is 5.69 Å². The van der Waals surface area contributed by atoms with E-state index in [1.54, 1.807) is 14.2 Å². The Morgan fingerprint density at radius 3 is 2.37 bits per heavy atom. The van der Waals surface area contributed by atoms with Gasteiger partial charge in [-0.15, -0.1) is 0 Å². The molecular weight excluding hydrogens is 238 g/mol. The molecule has 0 bridgehead atoms. The van der Waals surface area contributed by atoms with Crippen molar-refractivity contribution >= 4 is 11.3 Å². The zero-order chi connectivity index (χ0) is 13.8. The summed E-state index contributed by atoms with van der Waals surface area (Å²) in [5, 5.41) is 0. The minimum Gasteiger partial charge on any atom is -0.497 e. The van der Waals surface area contributed by atoms with Gasteiger partial charge in [0.25, 0.3) is 0 Å². The number of rotatable bonds is 4. The SMILES string of the molecule is C=C(c1ccccc1N)c1cc(OC)ccc1OC. The Hall–Kier alpha value is -2.42. The van der Waals surface area contributed by atoms with Gasteiger partial charge < -0.3 is 15.2 Å². The van der Waals surface area contributed by atoms with E-state index in [-0.39, 0.29) is 0 Å². The van der Waals surface area contributed by atoms with Crippen molar-refractivity contribution in [2.75, 3.05) is 20.0 Å². The third-order valence-electron chi connectivity index (χ3n) is 3.02. The van der Waals surface area contributed by atoms with Crippen molar-refractivity contribution in [2.45, 2.75) is 0 Å². The summed E-state index contributed by atoms with van der Waals surface area (Å²) in [6.07, 6.45) is 0. The van der Waals surface area contributed by atoms with Crippen LogP contribution >= 0.6 is 0 Å². The van der Waals surface area contributed by atoms with Gasteiger partial charge in [-0.3, -0.25) is 0 Å². The number of ether oxygens (including phenoxy) is 2. The second kappa shape index (κ2) is 5.48. The fourth-order valence-corrected chi connectivity index (χ4v) is 1.97. The lowest BCUT2D eigenvalue weighted by atomic mass is 9.97. The van der Waals surface area contributed by atoms with Crippen LogP contribution in [0.5, 0.6) is 11.5 Å². The molecule has 0 aliphatic heterocycles. The van der Waals surface area contributed by atoms with Crippen molar-refractivity contribution in [3.05, 3.63) is 60.2 Å². The first-order chi connectivity index (χ1) is 9.17. The molecule has 0 fully saturated rings. The molecule has 2 aromatic carbocycles. The summed E-state index contributed by atoms with van der Waals surface area (Å²) in [7, 11) is 3.26. The highest BCUT2D eigenvalue weighted by molar-refractivity contribution is 5.86.